The lowest BCUT2D eigenvalue weighted by atomic mass is 9.65. The first-order valence-corrected chi connectivity index (χ1v) is 6.38. The molecular formula is C14H24O4. The number of aliphatic carboxylic acids is 1. The summed E-state index contributed by atoms with van der Waals surface area (Å²) in [6, 6.07) is 0. The summed E-state index contributed by atoms with van der Waals surface area (Å²) >= 11 is 0. The summed E-state index contributed by atoms with van der Waals surface area (Å²) in [5.41, 5.74) is -1.87. The number of esters is 1. The molecule has 0 radical (unpaired) electrons. The summed E-state index contributed by atoms with van der Waals surface area (Å²) in [5.74, 6) is -1.61. The zero-order valence-electron chi connectivity index (χ0n) is 12.2. The van der Waals surface area contributed by atoms with Crippen LogP contribution in [0.4, 0.5) is 0 Å². The average Bonchev–Trinajstić information content (AvgIpc) is 2.36. The van der Waals surface area contributed by atoms with Crippen molar-refractivity contribution in [2.24, 2.45) is 16.7 Å². The smallest absolute Gasteiger partial charge is 0.312 e. The van der Waals surface area contributed by atoms with E-state index in [9.17, 15) is 14.7 Å². The molecule has 1 N–H and O–H groups in total. The summed E-state index contributed by atoms with van der Waals surface area (Å²) in [6.45, 7) is 11.0. The van der Waals surface area contributed by atoms with Crippen LogP contribution in [0.5, 0.6) is 0 Å². The molecule has 0 heterocycles. The highest BCUT2D eigenvalue weighted by Crippen LogP contribution is 2.56. The number of rotatable bonds is 2. The van der Waals surface area contributed by atoms with Gasteiger partial charge in [-0.3, -0.25) is 9.59 Å². The first-order chi connectivity index (χ1) is 7.92. The van der Waals surface area contributed by atoms with E-state index in [4.69, 9.17) is 4.74 Å². The fraction of sp³-hybridized carbons (Fsp3) is 0.857. The number of carboxylic acids is 1. The van der Waals surface area contributed by atoms with Gasteiger partial charge in [0.25, 0.3) is 0 Å². The fourth-order valence-electron chi connectivity index (χ4n) is 2.69. The minimum absolute atomic E-state index is 0.288. The van der Waals surface area contributed by atoms with Crippen molar-refractivity contribution in [2.45, 2.75) is 60.0 Å². The highest BCUT2D eigenvalue weighted by Gasteiger charge is 2.59. The van der Waals surface area contributed by atoms with Crippen LogP contribution in [0.1, 0.15) is 54.4 Å². The van der Waals surface area contributed by atoms with E-state index in [-0.39, 0.29) is 5.97 Å². The molecule has 1 saturated carbocycles. The maximum Gasteiger partial charge on any atom is 0.312 e. The molecule has 0 aromatic carbocycles. The quantitative estimate of drug-likeness (QED) is 0.772. The van der Waals surface area contributed by atoms with Crippen molar-refractivity contribution in [3.63, 3.8) is 0 Å². The summed E-state index contributed by atoms with van der Waals surface area (Å²) in [5, 5.41) is 9.24. The van der Waals surface area contributed by atoms with Crippen LogP contribution in [0.25, 0.3) is 0 Å². The fourth-order valence-corrected chi connectivity index (χ4v) is 2.69. The Bertz CT molecular complexity index is 364. The first kappa shape index (κ1) is 15.0. The second kappa shape index (κ2) is 4.25. The normalized spacial score (nSPS) is 31.1. The van der Waals surface area contributed by atoms with Gasteiger partial charge in [-0.2, -0.15) is 0 Å². The van der Waals surface area contributed by atoms with Crippen molar-refractivity contribution >= 4 is 11.9 Å². The van der Waals surface area contributed by atoms with E-state index < -0.39 is 28.3 Å². The molecular weight excluding hydrogens is 232 g/mol. The molecule has 0 saturated heterocycles. The predicted molar refractivity (Wildman–Crippen MR) is 68.1 cm³/mol. The third-order valence-electron chi connectivity index (χ3n) is 4.37. The van der Waals surface area contributed by atoms with Crippen LogP contribution in [0.2, 0.25) is 0 Å². The number of hydrogen-bond donors (Lipinski definition) is 1. The van der Waals surface area contributed by atoms with Gasteiger partial charge in [0.05, 0.1) is 11.3 Å². The van der Waals surface area contributed by atoms with E-state index in [2.05, 4.69) is 0 Å². The van der Waals surface area contributed by atoms with Crippen LogP contribution in [-0.4, -0.2) is 22.6 Å². The van der Waals surface area contributed by atoms with Gasteiger partial charge >= 0.3 is 11.9 Å². The van der Waals surface area contributed by atoms with Gasteiger partial charge in [0.15, 0.2) is 0 Å². The standard InChI is InChI=1S/C14H24O4/c1-12(2,3)18-11(17)14(6)8-7-9(10(15)16)13(14,4)5/h9H,7-8H2,1-6H3,(H,15,16)/t9?,14-/m1/s1. The maximum atomic E-state index is 12.4. The topological polar surface area (TPSA) is 63.6 Å². The molecule has 1 rings (SSSR count). The Morgan fingerprint density at radius 1 is 1.22 bits per heavy atom. The van der Waals surface area contributed by atoms with Crippen molar-refractivity contribution in [2.75, 3.05) is 0 Å². The van der Waals surface area contributed by atoms with E-state index in [1.54, 1.807) is 0 Å². The molecule has 4 heteroatoms. The van der Waals surface area contributed by atoms with E-state index in [0.717, 1.165) is 0 Å². The van der Waals surface area contributed by atoms with E-state index in [0.29, 0.717) is 12.8 Å². The first-order valence-electron chi connectivity index (χ1n) is 6.38. The second-order valence-corrected chi connectivity index (χ2v) is 6.99. The number of carbonyl (C=O) groups is 2. The Morgan fingerprint density at radius 2 is 1.72 bits per heavy atom. The molecule has 1 aliphatic carbocycles. The third kappa shape index (κ3) is 2.38. The van der Waals surface area contributed by atoms with Gasteiger partial charge in [0.2, 0.25) is 0 Å². The van der Waals surface area contributed by atoms with Gasteiger partial charge in [0.1, 0.15) is 5.60 Å². The van der Waals surface area contributed by atoms with Crippen molar-refractivity contribution in [1.82, 2.24) is 0 Å². The Morgan fingerprint density at radius 3 is 2.06 bits per heavy atom. The van der Waals surface area contributed by atoms with Crippen LogP contribution < -0.4 is 0 Å². The lowest BCUT2D eigenvalue weighted by molar-refractivity contribution is -0.174. The Labute approximate surface area is 109 Å². The molecule has 18 heavy (non-hydrogen) atoms. The molecule has 0 aromatic rings. The van der Waals surface area contributed by atoms with E-state index >= 15 is 0 Å². The molecule has 0 bridgehead atoms. The monoisotopic (exact) mass is 256 g/mol. The molecule has 1 aliphatic rings. The average molecular weight is 256 g/mol. The van der Waals surface area contributed by atoms with Gasteiger partial charge < -0.3 is 9.84 Å². The second-order valence-electron chi connectivity index (χ2n) is 6.99. The molecule has 0 amide bonds. The Hall–Kier alpha value is -1.06. The summed E-state index contributed by atoms with van der Waals surface area (Å²) in [7, 11) is 0. The summed E-state index contributed by atoms with van der Waals surface area (Å²) < 4.78 is 5.46. The van der Waals surface area contributed by atoms with Gasteiger partial charge in [-0.15, -0.1) is 0 Å². The van der Waals surface area contributed by atoms with Crippen LogP contribution in [0, 0.1) is 16.7 Å². The highest BCUT2D eigenvalue weighted by atomic mass is 16.6. The lowest BCUT2D eigenvalue weighted by Crippen LogP contribution is -2.45. The predicted octanol–water partition coefficient (Wildman–Crippen LogP) is 2.86. The highest BCUT2D eigenvalue weighted by molar-refractivity contribution is 5.81. The maximum absolute atomic E-state index is 12.4. The number of carbonyl (C=O) groups excluding carboxylic acids is 1. The van der Waals surface area contributed by atoms with Gasteiger partial charge in [-0.1, -0.05) is 13.8 Å². The van der Waals surface area contributed by atoms with Crippen molar-refractivity contribution < 1.29 is 19.4 Å². The Balaban J connectivity index is 3.01. The van der Waals surface area contributed by atoms with Crippen LogP contribution in [0.15, 0.2) is 0 Å². The zero-order valence-corrected chi connectivity index (χ0v) is 12.2. The number of hydrogen-bond acceptors (Lipinski definition) is 3. The molecule has 0 aromatic heterocycles. The summed E-state index contributed by atoms with van der Waals surface area (Å²) in [6.07, 6.45) is 1.09. The van der Waals surface area contributed by atoms with Gasteiger partial charge in [-0.25, -0.2) is 0 Å². The zero-order chi connectivity index (χ0) is 14.4. The van der Waals surface area contributed by atoms with Crippen LogP contribution >= 0.6 is 0 Å². The number of carboxylic acid groups (broad SMARTS) is 1. The van der Waals surface area contributed by atoms with Crippen molar-refractivity contribution in [1.29, 1.82) is 0 Å². The van der Waals surface area contributed by atoms with Crippen molar-refractivity contribution in [3.8, 4) is 0 Å². The third-order valence-corrected chi connectivity index (χ3v) is 4.37. The molecule has 2 atom stereocenters. The van der Waals surface area contributed by atoms with Crippen LogP contribution in [-0.2, 0) is 14.3 Å². The SMILES string of the molecule is CC(C)(C)OC(=O)[C@@]1(C)CCC(C(=O)O)C1(C)C. The number of ether oxygens (including phenoxy) is 1. The van der Waals surface area contributed by atoms with E-state index in [1.165, 1.54) is 0 Å². The van der Waals surface area contributed by atoms with Crippen LogP contribution in [0.3, 0.4) is 0 Å². The molecule has 1 unspecified atom stereocenters. The molecule has 1 fully saturated rings. The minimum Gasteiger partial charge on any atom is -0.481 e. The molecule has 4 nitrogen and oxygen atoms in total. The molecule has 104 valence electrons. The van der Waals surface area contributed by atoms with Gasteiger partial charge in [-0.05, 0) is 46.0 Å². The van der Waals surface area contributed by atoms with Gasteiger partial charge in [0, 0.05) is 0 Å². The van der Waals surface area contributed by atoms with E-state index in [1.807, 2.05) is 41.5 Å². The largest absolute Gasteiger partial charge is 0.481 e. The molecule has 0 aliphatic heterocycles. The summed E-state index contributed by atoms with van der Waals surface area (Å²) in [4.78, 5) is 23.6. The van der Waals surface area contributed by atoms with Crippen molar-refractivity contribution in [3.05, 3.63) is 0 Å². The lowest BCUT2D eigenvalue weighted by Gasteiger charge is -2.39. The Kier molecular flexibility index (Phi) is 3.54. The minimum atomic E-state index is -0.827. The molecule has 0 spiro atoms.